The summed E-state index contributed by atoms with van der Waals surface area (Å²) in [6, 6.07) is 7.10. The van der Waals surface area contributed by atoms with Gasteiger partial charge in [-0.25, -0.2) is 4.98 Å². The predicted octanol–water partition coefficient (Wildman–Crippen LogP) is 4.04. The maximum absolute atomic E-state index is 12.4. The summed E-state index contributed by atoms with van der Waals surface area (Å²) in [5, 5.41) is 18.8. The molecule has 8 nitrogen and oxygen atoms in total. The van der Waals surface area contributed by atoms with Crippen LogP contribution >= 0.6 is 11.3 Å². The highest BCUT2D eigenvalue weighted by Crippen LogP contribution is 2.24. The van der Waals surface area contributed by atoms with Crippen molar-refractivity contribution in [2.75, 3.05) is 5.32 Å². The van der Waals surface area contributed by atoms with Crippen molar-refractivity contribution in [2.24, 2.45) is 0 Å². The quantitative estimate of drug-likeness (QED) is 0.498. The molecule has 0 atom stereocenters. The maximum Gasteiger partial charge on any atom is 0.312 e. The fourth-order valence-corrected chi connectivity index (χ4v) is 3.92. The number of thiazole rings is 1. The molecule has 0 aliphatic heterocycles. The number of nitrogens with zero attached hydrogens (tertiary/aromatic N) is 4. The summed E-state index contributed by atoms with van der Waals surface area (Å²) in [6.07, 6.45) is 0.831. The summed E-state index contributed by atoms with van der Waals surface area (Å²) in [6.45, 7) is 7.72. The van der Waals surface area contributed by atoms with Gasteiger partial charge >= 0.3 is 5.69 Å². The van der Waals surface area contributed by atoms with Crippen molar-refractivity contribution in [3.8, 4) is 0 Å². The summed E-state index contributed by atoms with van der Waals surface area (Å²) >= 11 is 1.46. The molecule has 0 unspecified atom stereocenters. The zero-order valence-corrected chi connectivity index (χ0v) is 17.0. The lowest BCUT2D eigenvalue weighted by Crippen LogP contribution is -2.12. The zero-order valence-electron chi connectivity index (χ0n) is 16.1. The van der Waals surface area contributed by atoms with E-state index >= 15 is 0 Å². The summed E-state index contributed by atoms with van der Waals surface area (Å²) in [5.74, 6) is -0.218. The molecule has 0 saturated carbocycles. The Labute approximate surface area is 166 Å². The number of hydrogen-bond acceptors (Lipinski definition) is 6. The van der Waals surface area contributed by atoms with Gasteiger partial charge in [0, 0.05) is 10.4 Å². The average molecular weight is 399 g/mol. The number of nitrogens with one attached hydrogen (secondary N) is 1. The van der Waals surface area contributed by atoms with Crippen molar-refractivity contribution >= 4 is 28.1 Å². The Morgan fingerprint density at radius 3 is 2.46 bits per heavy atom. The Morgan fingerprint density at radius 2 is 1.93 bits per heavy atom. The van der Waals surface area contributed by atoms with E-state index in [1.54, 1.807) is 30.7 Å². The van der Waals surface area contributed by atoms with Crippen molar-refractivity contribution in [2.45, 2.75) is 40.7 Å². The largest absolute Gasteiger partial charge is 0.312 e. The van der Waals surface area contributed by atoms with E-state index in [-0.39, 0.29) is 11.6 Å². The molecule has 0 radical (unpaired) electrons. The minimum atomic E-state index is -0.411. The van der Waals surface area contributed by atoms with Crippen LogP contribution in [0.25, 0.3) is 0 Å². The molecule has 9 heteroatoms. The number of amides is 1. The van der Waals surface area contributed by atoms with Gasteiger partial charge in [0.05, 0.1) is 17.2 Å². The number of aryl methyl sites for hydroxylation is 3. The predicted molar refractivity (Wildman–Crippen MR) is 108 cm³/mol. The van der Waals surface area contributed by atoms with Gasteiger partial charge in [0.2, 0.25) is 0 Å². The van der Waals surface area contributed by atoms with Gasteiger partial charge in [-0.3, -0.25) is 24.9 Å². The Morgan fingerprint density at radius 1 is 1.25 bits per heavy atom. The van der Waals surface area contributed by atoms with Crippen molar-refractivity contribution in [1.82, 2.24) is 14.8 Å². The highest BCUT2D eigenvalue weighted by Gasteiger charge is 2.21. The van der Waals surface area contributed by atoms with Crippen LogP contribution in [0.2, 0.25) is 0 Å². The average Bonchev–Trinajstić information content (AvgIpc) is 3.13. The zero-order chi connectivity index (χ0) is 20.4. The molecular formula is C19H21N5O3S. The number of anilines is 1. The number of carbonyl (C=O) groups excluding carboxylic acids is 1. The minimum absolute atomic E-state index is 0.0428. The number of benzene rings is 1. The topological polar surface area (TPSA) is 103 Å². The Balaban J connectivity index is 1.72. The molecule has 0 spiro atoms. The van der Waals surface area contributed by atoms with Gasteiger partial charge in [0.15, 0.2) is 5.13 Å². The summed E-state index contributed by atoms with van der Waals surface area (Å²) < 4.78 is 1.60. The SMILES string of the molecule is CCc1nc(NC(=O)c2ccc(Cn3nc(C)c([N+](=O)[O-])c3C)cc2)sc1C. The molecule has 2 heterocycles. The first-order chi connectivity index (χ1) is 13.3. The van der Waals surface area contributed by atoms with Crippen LogP contribution in [0.5, 0.6) is 0 Å². The van der Waals surface area contributed by atoms with E-state index in [0.717, 1.165) is 22.6 Å². The molecule has 146 valence electrons. The van der Waals surface area contributed by atoms with Crippen molar-refractivity contribution < 1.29 is 9.72 Å². The number of nitro groups is 1. The molecular weight excluding hydrogens is 378 g/mol. The fourth-order valence-electron chi connectivity index (χ4n) is 3.02. The minimum Gasteiger partial charge on any atom is -0.298 e. The van der Waals surface area contributed by atoms with E-state index in [1.807, 2.05) is 26.0 Å². The highest BCUT2D eigenvalue weighted by atomic mass is 32.1. The third-order valence-electron chi connectivity index (χ3n) is 4.52. The molecule has 3 aromatic rings. The van der Waals surface area contributed by atoms with Crippen LogP contribution < -0.4 is 5.32 Å². The molecule has 0 bridgehead atoms. The van der Waals surface area contributed by atoms with E-state index in [1.165, 1.54) is 11.3 Å². The first-order valence-electron chi connectivity index (χ1n) is 8.85. The number of rotatable bonds is 6. The summed E-state index contributed by atoms with van der Waals surface area (Å²) in [4.78, 5) is 28.7. The lowest BCUT2D eigenvalue weighted by Gasteiger charge is -2.06. The Hall–Kier alpha value is -3.07. The van der Waals surface area contributed by atoms with Crippen LogP contribution in [0.4, 0.5) is 10.8 Å². The second kappa shape index (κ2) is 7.89. The van der Waals surface area contributed by atoms with E-state index < -0.39 is 4.92 Å². The highest BCUT2D eigenvalue weighted by molar-refractivity contribution is 7.15. The number of carbonyl (C=O) groups is 1. The maximum atomic E-state index is 12.4. The van der Waals surface area contributed by atoms with E-state index in [0.29, 0.717) is 28.6 Å². The molecule has 0 fully saturated rings. The van der Waals surface area contributed by atoms with Crippen molar-refractivity contribution in [1.29, 1.82) is 0 Å². The molecule has 28 heavy (non-hydrogen) atoms. The second-order valence-electron chi connectivity index (χ2n) is 6.46. The molecule has 1 aromatic carbocycles. The molecule has 1 amide bonds. The third-order valence-corrected chi connectivity index (χ3v) is 5.45. The lowest BCUT2D eigenvalue weighted by atomic mass is 10.1. The molecule has 0 aliphatic rings. The molecule has 2 aromatic heterocycles. The van der Waals surface area contributed by atoms with Gasteiger partial charge in [-0.2, -0.15) is 5.10 Å². The van der Waals surface area contributed by atoms with Crippen molar-refractivity contribution in [3.63, 3.8) is 0 Å². The van der Waals surface area contributed by atoms with Crippen LogP contribution in [0.3, 0.4) is 0 Å². The van der Waals surface area contributed by atoms with Gasteiger partial charge in [-0.15, -0.1) is 11.3 Å². The van der Waals surface area contributed by atoms with E-state index in [2.05, 4.69) is 15.4 Å². The summed E-state index contributed by atoms with van der Waals surface area (Å²) in [7, 11) is 0. The van der Waals surface area contributed by atoms with Gasteiger partial charge < -0.3 is 0 Å². The lowest BCUT2D eigenvalue weighted by molar-refractivity contribution is -0.386. The number of aromatic nitrogens is 3. The monoisotopic (exact) mass is 399 g/mol. The second-order valence-corrected chi connectivity index (χ2v) is 7.66. The Kier molecular flexibility index (Phi) is 5.55. The van der Waals surface area contributed by atoms with Crippen LogP contribution in [-0.2, 0) is 13.0 Å². The first kappa shape index (κ1) is 19.7. The van der Waals surface area contributed by atoms with Gasteiger partial charge in [-0.1, -0.05) is 19.1 Å². The molecule has 3 rings (SSSR count). The third kappa shape index (κ3) is 3.94. The first-order valence-corrected chi connectivity index (χ1v) is 9.66. The van der Waals surface area contributed by atoms with E-state index in [9.17, 15) is 14.9 Å². The molecule has 0 aliphatic carbocycles. The van der Waals surface area contributed by atoms with E-state index in [4.69, 9.17) is 0 Å². The Bertz CT molecular complexity index is 1040. The van der Waals surface area contributed by atoms with Crippen LogP contribution in [-0.4, -0.2) is 25.6 Å². The molecule has 0 saturated heterocycles. The number of hydrogen-bond donors (Lipinski definition) is 1. The van der Waals surface area contributed by atoms with Gasteiger partial charge in [0.25, 0.3) is 5.91 Å². The van der Waals surface area contributed by atoms with Crippen molar-refractivity contribution in [3.05, 3.63) is 67.5 Å². The molecule has 1 N–H and O–H groups in total. The summed E-state index contributed by atoms with van der Waals surface area (Å²) in [5.41, 5.74) is 3.36. The van der Waals surface area contributed by atoms with Gasteiger partial charge in [-0.05, 0) is 44.9 Å². The van der Waals surface area contributed by atoms with Gasteiger partial charge in [0.1, 0.15) is 11.4 Å². The van der Waals surface area contributed by atoms with Crippen LogP contribution in [0.15, 0.2) is 24.3 Å². The van der Waals surface area contributed by atoms with Crippen LogP contribution in [0.1, 0.15) is 44.8 Å². The smallest absolute Gasteiger partial charge is 0.298 e. The normalized spacial score (nSPS) is 10.9. The van der Waals surface area contributed by atoms with Crippen LogP contribution in [0, 0.1) is 30.9 Å². The fraction of sp³-hybridized carbons (Fsp3) is 0.316. The standard InChI is InChI=1S/C19H21N5O3S/c1-5-16-13(4)28-19(20-16)21-18(25)15-8-6-14(7-9-15)10-23-12(3)17(24(26)27)11(2)22-23/h6-9H,5,10H2,1-4H3,(H,20,21,25).